The number of hydrogen-bond donors (Lipinski definition) is 1. The lowest BCUT2D eigenvalue weighted by atomic mass is 10.3. The summed E-state index contributed by atoms with van der Waals surface area (Å²) in [4.78, 5) is 6.22. The van der Waals surface area contributed by atoms with Gasteiger partial charge < -0.3 is 10.2 Å². The van der Waals surface area contributed by atoms with Gasteiger partial charge in [-0.15, -0.1) is 0 Å². The molecule has 0 atom stereocenters. The predicted molar refractivity (Wildman–Crippen MR) is 65.1 cm³/mol. The molecule has 16 heavy (non-hydrogen) atoms. The third-order valence-electron chi connectivity index (χ3n) is 2.60. The van der Waals surface area contributed by atoms with E-state index < -0.39 is 0 Å². The predicted octanol–water partition coefficient (Wildman–Crippen LogP) is 2.36. The number of nitrogens with one attached hydrogen (secondary N) is 1. The summed E-state index contributed by atoms with van der Waals surface area (Å²) >= 11 is 0. The zero-order valence-corrected chi connectivity index (χ0v) is 10.2. The third kappa shape index (κ3) is 4.57. The minimum atomic E-state index is -0.301. The van der Waals surface area contributed by atoms with Gasteiger partial charge in [0.25, 0.3) is 0 Å². The van der Waals surface area contributed by atoms with Crippen molar-refractivity contribution in [1.29, 1.82) is 0 Å². The molecular formula is C12H20FN3. The lowest BCUT2D eigenvalue weighted by Crippen LogP contribution is -2.28. The van der Waals surface area contributed by atoms with Crippen molar-refractivity contribution in [2.45, 2.75) is 26.3 Å². The molecule has 3 nitrogen and oxygen atoms in total. The molecule has 0 aliphatic carbocycles. The van der Waals surface area contributed by atoms with E-state index in [4.69, 9.17) is 0 Å². The Hall–Kier alpha value is -1.16. The molecule has 0 saturated heterocycles. The molecule has 1 aromatic heterocycles. The highest BCUT2D eigenvalue weighted by atomic mass is 19.1. The highest BCUT2D eigenvalue weighted by Crippen LogP contribution is 2.03. The van der Waals surface area contributed by atoms with Crippen LogP contribution in [-0.4, -0.2) is 36.1 Å². The number of anilines is 1. The van der Waals surface area contributed by atoms with Gasteiger partial charge in [0.05, 0.1) is 6.20 Å². The van der Waals surface area contributed by atoms with E-state index in [0.717, 1.165) is 25.3 Å². The van der Waals surface area contributed by atoms with Gasteiger partial charge in [0.15, 0.2) is 0 Å². The van der Waals surface area contributed by atoms with Crippen molar-refractivity contribution >= 4 is 5.82 Å². The van der Waals surface area contributed by atoms with Crippen LogP contribution in [0.2, 0.25) is 0 Å². The van der Waals surface area contributed by atoms with Crippen LogP contribution < -0.4 is 5.32 Å². The molecule has 1 heterocycles. The fourth-order valence-electron chi connectivity index (χ4n) is 1.28. The molecule has 0 aromatic carbocycles. The molecule has 1 aromatic rings. The molecule has 0 spiro atoms. The zero-order chi connectivity index (χ0) is 12.0. The number of aromatic nitrogens is 1. The monoisotopic (exact) mass is 225 g/mol. The summed E-state index contributed by atoms with van der Waals surface area (Å²) in [5.41, 5.74) is 0. The molecule has 90 valence electrons. The average Bonchev–Trinajstić information content (AvgIpc) is 2.26. The van der Waals surface area contributed by atoms with Crippen LogP contribution in [0.25, 0.3) is 0 Å². The topological polar surface area (TPSA) is 28.2 Å². The van der Waals surface area contributed by atoms with Gasteiger partial charge >= 0.3 is 0 Å². The third-order valence-corrected chi connectivity index (χ3v) is 2.60. The highest BCUT2D eigenvalue weighted by Gasteiger charge is 2.01. The van der Waals surface area contributed by atoms with Crippen LogP contribution in [0.3, 0.4) is 0 Å². The minimum absolute atomic E-state index is 0.301. The Bertz CT molecular complexity index is 298. The Morgan fingerprint density at radius 3 is 2.75 bits per heavy atom. The number of nitrogens with zero attached hydrogens (tertiary/aromatic N) is 2. The maximum absolute atomic E-state index is 12.6. The van der Waals surface area contributed by atoms with E-state index in [1.54, 1.807) is 6.07 Å². The summed E-state index contributed by atoms with van der Waals surface area (Å²) in [6.45, 7) is 6.26. The van der Waals surface area contributed by atoms with Gasteiger partial charge in [0, 0.05) is 12.6 Å². The van der Waals surface area contributed by atoms with E-state index >= 15 is 0 Å². The molecule has 0 fully saturated rings. The second kappa shape index (κ2) is 6.43. The summed E-state index contributed by atoms with van der Waals surface area (Å²) in [7, 11) is 2.11. The first-order valence-corrected chi connectivity index (χ1v) is 5.65. The van der Waals surface area contributed by atoms with Crippen molar-refractivity contribution in [3.63, 3.8) is 0 Å². The molecule has 1 rings (SSSR count). The van der Waals surface area contributed by atoms with Crippen LogP contribution in [0.1, 0.15) is 20.3 Å². The van der Waals surface area contributed by atoms with Gasteiger partial charge in [-0.3, -0.25) is 0 Å². The molecular weight excluding hydrogens is 205 g/mol. The molecule has 0 bridgehead atoms. The Morgan fingerprint density at radius 2 is 2.19 bits per heavy atom. The molecule has 4 heteroatoms. The Kier molecular flexibility index (Phi) is 5.19. The van der Waals surface area contributed by atoms with Crippen LogP contribution in [0.5, 0.6) is 0 Å². The first-order valence-electron chi connectivity index (χ1n) is 5.65. The summed E-state index contributed by atoms with van der Waals surface area (Å²) in [5.74, 6) is 0.429. The summed E-state index contributed by atoms with van der Waals surface area (Å²) in [6, 6.07) is 3.64. The summed E-state index contributed by atoms with van der Waals surface area (Å²) < 4.78 is 12.6. The Balaban J connectivity index is 2.18. The van der Waals surface area contributed by atoms with Gasteiger partial charge in [-0.2, -0.15) is 0 Å². The standard InChI is InChI=1S/C12H20FN3/c1-10(2)16(3)8-4-7-14-12-6-5-11(13)9-15-12/h5-6,9-10H,4,7-8H2,1-3H3,(H,14,15). The van der Waals surface area contributed by atoms with E-state index in [1.165, 1.54) is 12.3 Å². The maximum atomic E-state index is 12.6. The van der Waals surface area contributed by atoms with Crippen molar-refractivity contribution in [1.82, 2.24) is 9.88 Å². The molecule has 0 radical (unpaired) electrons. The summed E-state index contributed by atoms with van der Waals surface area (Å²) in [6.07, 6.45) is 2.27. The van der Waals surface area contributed by atoms with Crippen LogP contribution in [0, 0.1) is 5.82 Å². The van der Waals surface area contributed by atoms with E-state index in [-0.39, 0.29) is 5.82 Å². The lowest BCUT2D eigenvalue weighted by Gasteiger charge is -2.20. The van der Waals surface area contributed by atoms with Crippen LogP contribution in [0.4, 0.5) is 10.2 Å². The summed E-state index contributed by atoms with van der Waals surface area (Å²) in [5, 5.41) is 3.16. The van der Waals surface area contributed by atoms with E-state index in [0.29, 0.717) is 6.04 Å². The average molecular weight is 225 g/mol. The highest BCUT2D eigenvalue weighted by molar-refractivity contribution is 5.33. The fourth-order valence-corrected chi connectivity index (χ4v) is 1.28. The van der Waals surface area contributed by atoms with Gasteiger partial charge in [0.2, 0.25) is 0 Å². The molecule has 1 N–H and O–H groups in total. The Labute approximate surface area is 96.7 Å². The first kappa shape index (κ1) is 12.9. The quantitative estimate of drug-likeness (QED) is 0.753. The van der Waals surface area contributed by atoms with Crippen molar-refractivity contribution < 1.29 is 4.39 Å². The lowest BCUT2D eigenvalue weighted by molar-refractivity contribution is 0.273. The fraction of sp³-hybridized carbons (Fsp3) is 0.583. The second-order valence-corrected chi connectivity index (χ2v) is 4.22. The number of pyridine rings is 1. The SMILES string of the molecule is CC(C)N(C)CCCNc1ccc(F)cn1. The first-order chi connectivity index (χ1) is 7.59. The second-order valence-electron chi connectivity index (χ2n) is 4.22. The largest absolute Gasteiger partial charge is 0.370 e. The smallest absolute Gasteiger partial charge is 0.141 e. The van der Waals surface area contributed by atoms with E-state index in [1.807, 2.05) is 0 Å². The zero-order valence-electron chi connectivity index (χ0n) is 10.2. The minimum Gasteiger partial charge on any atom is -0.370 e. The molecule has 0 amide bonds. The van der Waals surface area contributed by atoms with Crippen molar-refractivity contribution in [3.8, 4) is 0 Å². The van der Waals surface area contributed by atoms with E-state index in [2.05, 4.69) is 36.1 Å². The van der Waals surface area contributed by atoms with Crippen LogP contribution in [-0.2, 0) is 0 Å². The number of halogens is 1. The Morgan fingerprint density at radius 1 is 1.44 bits per heavy atom. The van der Waals surface area contributed by atoms with Crippen molar-refractivity contribution in [3.05, 3.63) is 24.1 Å². The van der Waals surface area contributed by atoms with E-state index in [9.17, 15) is 4.39 Å². The molecule has 0 aliphatic heterocycles. The number of hydrogen-bond acceptors (Lipinski definition) is 3. The van der Waals surface area contributed by atoms with Gasteiger partial charge in [-0.25, -0.2) is 9.37 Å². The molecule has 0 saturated carbocycles. The van der Waals surface area contributed by atoms with Crippen LogP contribution >= 0.6 is 0 Å². The van der Waals surface area contributed by atoms with Crippen LogP contribution in [0.15, 0.2) is 18.3 Å². The number of rotatable bonds is 6. The molecule has 0 aliphatic rings. The maximum Gasteiger partial charge on any atom is 0.141 e. The van der Waals surface area contributed by atoms with Gasteiger partial charge in [0.1, 0.15) is 11.6 Å². The normalized spacial score (nSPS) is 11.1. The van der Waals surface area contributed by atoms with Crippen molar-refractivity contribution in [2.24, 2.45) is 0 Å². The van der Waals surface area contributed by atoms with Gasteiger partial charge in [-0.1, -0.05) is 0 Å². The molecule has 0 unspecified atom stereocenters. The van der Waals surface area contributed by atoms with Crippen molar-refractivity contribution in [2.75, 3.05) is 25.5 Å². The van der Waals surface area contributed by atoms with Gasteiger partial charge in [-0.05, 0) is 46.0 Å².